The van der Waals surface area contributed by atoms with Crippen LogP contribution < -0.4 is 5.32 Å². The molecular weight excluding hydrogens is 178 g/mol. The van der Waals surface area contributed by atoms with Gasteiger partial charge in [0.25, 0.3) is 0 Å². The third-order valence-corrected chi connectivity index (χ3v) is 2.95. The molecule has 2 unspecified atom stereocenters. The maximum Gasteiger partial charge on any atom is 0.0543 e. The summed E-state index contributed by atoms with van der Waals surface area (Å²) >= 11 is 0. The van der Waals surface area contributed by atoms with E-state index >= 15 is 0 Å². The molecule has 0 bridgehead atoms. The number of unbranched alkanes of at least 4 members (excludes halogenated alkanes) is 1. The number of aliphatic hydroxyl groups is 2. The van der Waals surface area contributed by atoms with E-state index in [0.717, 1.165) is 38.8 Å². The zero-order valence-electron chi connectivity index (χ0n) is 8.91. The average molecular weight is 201 g/mol. The van der Waals surface area contributed by atoms with E-state index in [2.05, 4.69) is 5.32 Å². The summed E-state index contributed by atoms with van der Waals surface area (Å²) in [6.45, 7) is 2.32. The van der Waals surface area contributed by atoms with E-state index in [4.69, 9.17) is 5.11 Å². The molecule has 3 N–H and O–H groups in total. The lowest BCUT2D eigenvalue weighted by molar-refractivity contribution is 0.101. The first-order valence-electron chi connectivity index (χ1n) is 5.82. The molecule has 0 spiro atoms. The second-order valence-electron chi connectivity index (χ2n) is 4.32. The molecule has 1 fully saturated rings. The maximum absolute atomic E-state index is 9.46. The SMILES string of the molecule is OCCCCNCC1CCCC(O)C1. The van der Waals surface area contributed by atoms with E-state index in [0.29, 0.717) is 12.5 Å². The van der Waals surface area contributed by atoms with Gasteiger partial charge in [0.1, 0.15) is 0 Å². The Hall–Kier alpha value is -0.120. The van der Waals surface area contributed by atoms with Gasteiger partial charge in [-0.25, -0.2) is 0 Å². The minimum Gasteiger partial charge on any atom is -0.396 e. The van der Waals surface area contributed by atoms with Crippen LogP contribution in [0.1, 0.15) is 38.5 Å². The molecule has 0 aliphatic heterocycles. The monoisotopic (exact) mass is 201 g/mol. The molecule has 0 heterocycles. The number of rotatable bonds is 6. The van der Waals surface area contributed by atoms with Crippen LogP contribution >= 0.6 is 0 Å². The van der Waals surface area contributed by atoms with Crippen LogP contribution in [-0.2, 0) is 0 Å². The topological polar surface area (TPSA) is 52.5 Å². The van der Waals surface area contributed by atoms with Crippen LogP contribution in [-0.4, -0.2) is 36.0 Å². The summed E-state index contributed by atoms with van der Waals surface area (Å²) in [5.41, 5.74) is 0. The van der Waals surface area contributed by atoms with Gasteiger partial charge in [0.2, 0.25) is 0 Å². The zero-order chi connectivity index (χ0) is 10.2. The molecule has 0 saturated heterocycles. The van der Waals surface area contributed by atoms with Gasteiger partial charge in [-0.15, -0.1) is 0 Å². The van der Waals surface area contributed by atoms with Crippen LogP contribution in [0.3, 0.4) is 0 Å². The van der Waals surface area contributed by atoms with Gasteiger partial charge in [0.15, 0.2) is 0 Å². The third kappa shape index (κ3) is 4.94. The van der Waals surface area contributed by atoms with Crippen molar-refractivity contribution in [3.63, 3.8) is 0 Å². The highest BCUT2D eigenvalue weighted by molar-refractivity contribution is 4.73. The molecule has 0 radical (unpaired) electrons. The Kier molecular flexibility index (Phi) is 6.15. The van der Waals surface area contributed by atoms with E-state index in [1.807, 2.05) is 0 Å². The minimum atomic E-state index is -0.0620. The molecular formula is C11H23NO2. The van der Waals surface area contributed by atoms with E-state index in [1.54, 1.807) is 0 Å². The van der Waals surface area contributed by atoms with Gasteiger partial charge in [0.05, 0.1) is 6.10 Å². The number of hydrogen-bond acceptors (Lipinski definition) is 3. The Morgan fingerprint density at radius 3 is 2.79 bits per heavy atom. The van der Waals surface area contributed by atoms with Crippen LogP contribution in [0.15, 0.2) is 0 Å². The Morgan fingerprint density at radius 2 is 2.07 bits per heavy atom. The van der Waals surface area contributed by atoms with Crippen molar-refractivity contribution in [3.8, 4) is 0 Å². The predicted octanol–water partition coefficient (Wildman–Crippen LogP) is 0.900. The maximum atomic E-state index is 9.46. The van der Waals surface area contributed by atoms with Crippen molar-refractivity contribution >= 4 is 0 Å². The van der Waals surface area contributed by atoms with E-state index in [1.165, 1.54) is 12.8 Å². The fourth-order valence-corrected chi connectivity index (χ4v) is 2.12. The van der Waals surface area contributed by atoms with Gasteiger partial charge in [-0.2, -0.15) is 0 Å². The molecule has 3 heteroatoms. The molecule has 1 rings (SSSR count). The fourth-order valence-electron chi connectivity index (χ4n) is 2.12. The van der Waals surface area contributed by atoms with Crippen molar-refractivity contribution in [3.05, 3.63) is 0 Å². The quantitative estimate of drug-likeness (QED) is 0.560. The molecule has 0 aromatic rings. The van der Waals surface area contributed by atoms with Crippen LogP contribution in [0, 0.1) is 5.92 Å². The summed E-state index contributed by atoms with van der Waals surface area (Å²) in [5, 5.41) is 21.4. The summed E-state index contributed by atoms with van der Waals surface area (Å²) in [6.07, 6.45) is 6.25. The first-order valence-corrected chi connectivity index (χ1v) is 5.82. The zero-order valence-corrected chi connectivity index (χ0v) is 8.91. The molecule has 1 saturated carbocycles. The lowest BCUT2D eigenvalue weighted by Crippen LogP contribution is -2.29. The van der Waals surface area contributed by atoms with Crippen LogP contribution in [0.5, 0.6) is 0 Å². The number of hydrogen-bond donors (Lipinski definition) is 3. The highest BCUT2D eigenvalue weighted by atomic mass is 16.3. The van der Waals surface area contributed by atoms with Gasteiger partial charge >= 0.3 is 0 Å². The third-order valence-electron chi connectivity index (χ3n) is 2.95. The molecule has 3 nitrogen and oxygen atoms in total. The molecule has 84 valence electrons. The van der Waals surface area contributed by atoms with Gasteiger partial charge in [-0.1, -0.05) is 6.42 Å². The normalized spacial score (nSPS) is 27.9. The first-order chi connectivity index (χ1) is 6.83. The molecule has 0 aromatic carbocycles. The molecule has 0 amide bonds. The highest BCUT2D eigenvalue weighted by Crippen LogP contribution is 2.23. The lowest BCUT2D eigenvalue weighted by Gasteiger charge is -2.25. The number of aliphatic hydroxyl groups excluding tert-OH is 2. The second-order valence-corrected chi connectivity index (χ2v) is 4.32. The van der Waals surface area contributed by atoms with Crippen molar-refractivity contribution < 1.29 is 10.2 Å². The number of nitrogens with one attached hydrogen (secondary N) is 1. The fraction of sp³-hybridized carbons (Fsp3) is 1.00. The van der Waals surface area contributed by atoms with Crippen LogP contribution in [0.25, 0.3) is 0 Å². The first kappa shape index (κ1) is 12.0. The summed E-state index contributed by atoms with van der Waals surface area (Å²) < 4.78 is 0. The van der Waals surface area contributed by atoms with Crippen LogP contribution in [0.4, 0.5) is 0 Å². The van der Waals surface area contributed by atoms with Crippen molar-refractivity contribution in [2.75, 3.05) is 19.7 Å². The van der Waals surface area contributed by atoms with Gasteiger partial charge < -0.3 is 15.5 Å². The summed E-state index contributed by atoms with van der Waals surface area (Å²) in [5.74, 6) is 0.660. The van der Waals surface area contributed by atoms with Crippen molar-refractivity contribution in [1.29, 1.82) is 0 Å². The minimum absolute atomic E-state index is 0.0620. The van der Waals surface area contributed by atoms with Gasteiger partial charge in [-0.05, 0) is 51.1 Å². The summed E-state index contributed by atoms with van der Waals surface area (Å²) in [6, 6.07) is 0. The van der Waals surface area contributed by atoms with Gasteiger partial charge in [0, 0.05) is 6.61 Å². The Labute approximate surface area is 86.5 Å². The standard InChI is InChI=1S/C11H23NO2/c13-7-2-1-6-12-9-10-4-3-5-11(14)8-10/h10-14H,1-9H2. The molecule has 1 aliphatic carbocycles. The lowest BCUT2D eigenvalue weighted by atomic mass is 9.87. The molecule has 14 heavy (non-hydrogen) atoms. The Bertz CT molecular complexity index is 141. The smallest absolute Gasteiger partial charge is 0.0543 e. The molecule has 2 atom stereocenters. The molecule has 0 aromatic heterocycles. The highest BCUT2D eigenvalue weighted by Gasteiger charge is 2.19. The summed E-state index contributed by atoms with van der Waals surface area (Å²) in [4.78, 5) is 0. The van der Waals surface area contributed by atoms with Gasteiger partial charge in [-0.3, -0.25) is 0 Å². The van der Waals surface area contributed by atoms with Crippen molar-refractivity contribution in [1.82, 2.24) is 5.32 Å². The Balaban J connectivity index is 1.95. The van der Waals surface area contributed by atoms with E-state index < -0.39 is 0 Å². The predicted molar refractivity (Wildman–Crippen MR) is 57.2 cm³/mol. The summed E-state index contributed by atoms with van der Waals surface area (Å²) in [7, 11) is 0. The van der Waals surface area contributed by atoms with E-state index in [-0.39, 0.29) is 6.10 Å². The van der Waals surface area contributed by atoms with Crippen molar-refractivity contribution in [2.45, 2.75) is 44.6 Å². The average Bonchev–Trinajstić information content (AvgIpc) is 2.18. The van der Waals surface area contributed by atoms with Crippen molar-refractivity contribution in [2.24, 2.45) is 5.92 Å². The molecule has 1 aliphatic rings. The van der Waals surface area contributed by atoms with E-state index in [9.17, 15) is 5.11 Å². The second kappa shape index (κ2) is 7.21. The Morgan fingerprint density at radius 1 is 1.21 bits per heavy atom. The van der Waals surface area contributed by atoms with Crippen LogP contribution in [0.2, 0.25) is 0 Å². The largest absolute Gasteiger partial charge is 0.396 e.